The normalized spacial score (nSPS) is 20.0. The molecule has 0 bridgehead atoms. The van der Waals surface area contributed by atoms with Crippen LogP contribution in [-0.4, -0.2) is 18.1 Å². The lowest BCUT2D eigenvalue weighted by Gasteiger charge is -2.14. The monoisotopic (exact) mass is 300 g/mol. The van der Waals surface area contributed by atoms with Gasteiger partial charge < -0.3 is 11.1 Å². The number of benzene rings is 1. The van der Waals surface area contributed by atoms with Gasteiger partial charge in [-0.15, -0.1) is 0 Å². The standard InChI is InChI=1S/C12H17BrN2S/c1-8-4-12(10(13)5-11(8)14)15-6-9-2-3-16-7-9/h4-5,9,15H,2-3,6-7,14H2,1H3. The molecule has 0 spiro atoms. The number of nitrogen functional groups attached to an aromatic ring is 1. The smallest absolute Gasteiger partial charge is 0.0488 e. The van der Waals surface area contributed by atoms with Gasteiger partial charge in [0.25, 0.3) is 0 Å². The van der Waals surface area contributed by atoms with E-state index < -0.39 is 0 Å². The van der Waals surface area contributed by atoms with E-state index in [-0.39, 0.29) is 0 Å². The maximum atomic E-state index is 5.85. The minimum Gasteiger partial charge on any atom is -0.398 e. The molecule has 1 aromatic rings. The van der Waals surface area contributed by atoms with Crippen LogP contribution in [0.2, 0.25) is 0 Å². The molecule has 1 saturated heterocycles. The van der Waals surface area contributed by atoms with Crippen LogP contribution in [0.15, 0.2) is 16.6 Å². The van der Waals surface area contributed by atoms with Crippen molar-refractivity contribution < 1.29 is 0 Å². The number of nitrogens with two attached hydrogens (primary N) is 1. The van der Waals surface area contributed by atoms with Gasteiger partial charge in [0, 0.05) is 22.4 Å². The van der Waals surface area contributed by atoms with Crippen LogP contribution in [0, 0.1) is 12.8 Å². The molecule has 1 aliphatic heterocycles. The van der Waals surface area contributed by atoms with E-state index in [4.69, 9.17) is 5.73 Å². The van der Waals surface area contributed by atoms with Gasteiger partial charge in [0.2, 0.25) is 0 Å². The third-order valence-electron chi connectivity index (χ3n) is 2.96. The van der Waals surface area contributed by atoms with Gasteiger partial charge in [0.15, 0.2) is 0 Å². The molecule has 4 heteroatoms. The van der Waals surface area contributed by atoms with E-state index in [1.54, 1.807) is 0 Å². The number of halogens is 1. The Balaban J connectivity index is 2.00. The van der Waals surface area contributed by atoms with E-state index in [1.807, 2.05) is 13.0 Å². The van der Waals surface area contributed by atoms with Gasteiger partial charge in [0.1, 0.15) is 0 Å². The molecule has 1 fully saturated rings. The third-order valence-corrected chi connectivity index (χ3v) is 4.85. The molecule has 0 radical (unpaired) electrons. The quantitative estimate of drug-likeness (QED) is 0.839. The van der Waals surface area contributed by atoms with Crippen LogP contribution in [0.1, 0.15) is 12.0 Å². The molecule has 3 N–H and O–H groups in total. The molecule has 1 aromatic carbocycles. The van der Waals surface area contributed by atoms with Crippen LogP contribution in [0.3, 0.4) is 0 Å². The molecule has 0 aromatic heterocycles. The van der Waals surface area contributed by atoms with Crippen LogP contribution in [-0.2, 0) is 0 Å². The van der Waals surface area contributed by atoms with Gasteiger partial charge in [-0.2, -0.15) is 11.8 Å². The van der Waals surface area contributed by atoms with Crippen molar-refractivity contribution >= 4 is 39.1 Å². The van der Waals surface area contributed by atoms with Crippen molar-refractivity contribution in [1.29, 1.82) is 0 Å². The van der Waals surface area contributed by atoms with E-state index in [2.05, 4.69) is 39.1 Å². The molecular formula is C12H17BrN2S. The molecule has 2 rings (SSSR count). The van der Waals surface area contributed by atoms with E-state index in [0.717, 1.165) is 33.9 Å². The second-order valence-electron chi connectivity index (χ2n) is 4.30. The number of aryl methyl sites for hydroxylation is 1. The molecule has 16 heavy (non-hydrogen) atoms. The summed E-state index contributed by atoms with van der Waals surface area (Å²) < 4.78 is 1.06. The molecule has 1 unspecified atom stereocenters. The minimum atomic E-state index is 0.815. The Bertz CT molecular complexity index is 376. The molecule has 1 atom stereocenters. The summed E-state index contributed by atoms with van der Waals surface area (Å²) in [5.41, 5.74) is 8.98. The molecule has 0 aliphatic carbocycles. The summed E-state index contributed by atoms with van der Waals surface area (Å²) in [4.78, 5) is 0. The minimum absolute atomic E-state index is 0.815. The van der Waals surface area contributed by atoms with Crippen LogP contribution in [0.25, 0.3) is 0 Å². The molecule has 0 saturated carbocycles. The zero-order valence-corrected chi connectivity index (χ0v) is 11.8. The van der Waals surface area contributed by atoms with Crippen molar-refractivity contribution in [1.82, 2.24) is 0 Å². The molecule has 2 nitrogen and oxygen atoms in total. The highest BCUT2D eigenvalue weighted by atomic mass is 79.9. The zero-order valence-electron chi connectivity index (χ0n) is 9.42. The summed E-state index contributed by atoms with van der Waals surface area (Å²) in [5.74, 6) is 3.42. The van der Waals surface area contributed by atoms with Crippen LogP contribution in [0.4, 0.5) is 11.4 Å². The highest BCUT2D eigenvalue weighted by Crippen LogP contribution is 2.29. The lowest BCUT2D eigenvalue weighted by atomic mass is 10.1. The predicted molar refractivity (Wildman–Crippen MR) is 77.2 cm³/mol. The Morgan fingerprint density at radius 1 is 1.56 bits per heavy atom. The lowest BCUT2D eigenvalue weighted by molar-refractivity contribution is 0.631. The fourth-order valence-corrected chi connectivity index (χ4v) is 3.62. The van der Waals surface area contributed by atoms with E-state index in [0.29, 0.717) is 0 Å². The molecule has 1 aliphatic rings. The van der Waals surface area contributed by atoms with E-state index in [9.17, 15) is 0 Å². The first-order valence-corrected chi connectivity index (χ1v) is 7.49. The third kappa shape index (κ3) is 2.86. The number of nitrogens with one attached hydrogen (secondary N) is 1. The maximum Gasteiger partial charge on any atom is 0.0488 e. The van der Waals surface area contributed by atoms with Crippen molar-refractivity contribution in [3.05, 3.63) is 22.2 Å². The topological polar surface area (TPSA) is 38.0 Å². The number of rotatable bonds is 3. The highest BCUT2D eigenvalue weighted by molar-refractivity contribution is 9.10. The average Bonchev–Trinajstić information content (AvgIpc) is 2.74. The van der Waals surface area contributed by atoms with E-state index >= 15 is 0 Å². The van der Waals surface area contributed by atoms with Crippen LogP contribution < -0.4 is 11.1 Å². The summed E-state index contributed by atoms with van der Waals surface area (Å²) in [6.45, 7) is 3.10. The first-order valence-electron chi connectivity index (χ1n) is 5.54. The van der Waals surface area contributed by atoms with Crippen molar-refractivity contribution in [2.45, 2.75) is 13.3 Å². The molecule has 0 amide bonds. The van der Waals surface area contributed by atoms with Crippen LogP contribution in [0.5, 0.6) is 0 Å². The fraction of sp³-hybridized carbons (Fsp3) is 0.500. The fourth-order valence-electron chi connectivity index (χ4n) is 1.83. The van der Waals surface area contributed by atoms with Gasteiger partial charge in [-0.05, 0) is 64.4 Å². The summed E-state index contributed by atoms with van der Waals surface area (Å²) >= 11 is 5.60. The summed E-state index contributed by atoms with van der Waals surface area (Å²) in [6.07, 6.45) is 1.34. The lowest BCUT2D eigenvalue weighted by Crippen LogP contribution is -2.13. The predicted octanol–water partition coefficient (Wildman–Crippen LogP) is 3.50. The largest absolute Gasteiger partial charge is 0.398 e. The van der Waals surface area contributed by atoms with Gasteiger partial charge >= 0.3 is 0 Å². The first-order chi connectivity index (χ1) is 7.66. The average molecular weight is 301 g/mol. The molecule has 1 heterocycles. The number of thioether (sulfide) groups is 1. The van der Waals surface area contributed by atoms with Gasteiger partial charge in [-0.3, -0.25) is 0 Å². The number of anilines is 2. The summed E-state index contributed by atoms with van der Waals surface area (Å²) in [6, 6.07) is 4.09. The Hall–Kier alpha value is -0.350. The Morgan fingerprint density at radius 2 is 2.38 bits per heavy atom. The molecular weight excluding hydrogens is 284 g/mol. The summed E-state index contributed by atoms with van der Waals surface area (Å²) in [7, 11) is 0. The van der Waals surface area contributed by atoms with Gasteiger partial charge in [-0.1, -0.05) is 0 Å². The van der Waals surface area contributed by atoms with Crippen molar-refractivity contribution in [3.63, 3.8) is 0 Å². The van der Waals surface area contributed by atoms with Crippen molar-refractivity contribution in [2.24, 2.45) is 5.92 Å². The van der Waals surface area contributed by atoms with Gasteiger partial charge in [-0.25, -0.2) is 0 Å². The Morgan fingerprint density at radius 3 is 3.06 bits per heavy atom. The Kier molecular flexibility index (Phi) is 4.03. The van der Waals surface area contributed by atoms with Gasteiger partial charge in [0.05, 0.1) is 0 Å². The maximum absolute atomic E-state index is 5.85. The second-order valence-corrected chi connectivity index (χ2v) is 6.30. The Labute approximate surface area is 109 Å². The second kappa shape index (κ2) is 5.32. The SMILES string of the molecule is Cc1cc(NCC2CCSC2)c(Br)cc1N. The summed E-state index contributed by atoms with van der Waals surface area (Å²) in [5, 5.41) is 3.51. The first kappa shape index (κ1) is 12.1. The van der Waals surface area contributed by atoms with Crippen molar-refractivity contribution in [2.75, 3.05) is 29.1 Å². The number of hydrogen-bond acceptors (Lipinski definition) is 3. The van der Waals surface area contributed by atoms with E-state index in [1.165, 1.54) is 17.9 Å². The molecule has 88 valence electrons. The zero-order chi connectivity index (χ0) is 11.5. The highest BCUT2D eigenvalue weighted by Gasteiger charge is 2.15. The number of hydrogen-bond donors (Lipinski definition) is 2. The van der Waals surface area contributed by atoms with Crippen LogP contribution >= 0.6 is 27.7 Å². The van der Waals surface area contributed by atoms with Crippen molar-refractivity contribution in [3.8, 4) is 0 Å².